The molecule has 3 aliphatic rings. The molecule has 266 valence electrons. The largest absolute Gasteiger partial charge is 0.309 e. The number of hydrogen-bond acceptors (Lipinski definition) is 0. The van der Waals surface area contributed by atoms with E-state index in [1.54, 1.807) is 0 Å². The molecule has 12 rings (SSSR count). The van der Waals surface area contributed by atoms with Crippen LogP contribution >= 0.6 is 0 Å². The zero-order valence-corrected chi connectivity index (χ0v) is 32.2. The molecule has 0 N–H and O–H groups in total. The molecule has 1 nitrogen and oxygen atoms in total. The standard InChI is InChI=1S/C55H41N/c1-53(2)42-27-15-12-24-39(42)47-50-48(40-25-13-16-28-43(40)54(50,3)4)52-49(51(47)53)41-26-14-18-30-46(41)56(52)36-31-32-38-37-23-11-17-29-44(37)55(45(38)33-36,34-19-7-5-8-20-34)35-21-9-6-10-22-35/h5-33H,1-4H3. The number of hydrogen-bond donors (Lipinski definition) is 0. The van der Waals surface area contributed by atoms with Crippen LogP contribution in [0.5, 0.6) is 0 Å². The van der Waals surface area contributed by atoms with Crippen LogP contribution in [0.25, 0.3) is 60.9 Å². The normalized spacial score (nSPS) is 15.9. The van der Waals surface area contributed by atoms with Crippen LogP contribution < -0.4 is 0 Å². The van der Waals surface area contributed by atoms with E-state index in [-0.39, 0.29) is 10.8 Å². The van der Waals surface area contributed by atoms with Crippen LogP contribution in [0, 0.1) is 0 Å². The van der Waals surface area contributed by atoms with Gasteiger partial charge in [-0.3, -0.25) is 0 Å². The van der Waals surface area contributed by atoms with Crippen molar-refractivity contribution in [1.29, 1.82) is 0 Å². The summed E-state index contributed by atoms with van der Waals surface area (Å²) in [5.74, 6) is 0. The maximum absolute atomic E-state index is 2.63. The predicted octanol–water partition coefficient (Wildman–Crippen LogP) is 13.8. The van der Waals surface area contributed by atoms with Gasteiger partial charge in [-0.05, 0) is 90.5 Å². The van der Waals surface area contributed by atoms with Crippen molar-refractivity contribution in [3.63, 3.8) is 0 Å². The molecule has 3 aliphatic carbocycles. The predicted molar refractivity (Wildman–Crippen MR) is 233 cm³/mol. The molecule has 0 atom stereocenters. The number of aromatic nitrogens is 1. The van der Waals surface area contributed by atoms with Crippen molar-refractivity contribution in [3.05, 3.63) is 220 Å². The van der Waals surface area contributed by atoms with Crippen molar-refractivity contribution >= 4 is 21.8 Å². The van der Waals surface area contributed by atoms with Gasteiger partial charge in [0.1, 0.15) is 0 Å². The summed E-state index contributed by atoms with van der Waals surface area (Å²) in [4.78, 5) is 0. The van der Waals surface area contributed by atoms with Gasteiger partial charge >= 0.3 is 0 Å². The van der Waals surface area contributed by atoms with E-state index in [2.05, 4.69) is 208 Å². The SMILES string of the molecule is CC1(C)c2ccccc2-c2c1c1c(c3c4ccccc4n(-c4ccc5c(c4)C(c4ccccc4)(c4ccccc4)c4ccccc4-5)c23)C(C)(C)c2ccccc2-1. The van der Waals surface area contributed by atoms with Crippen molar-refractivity contribution in [2.24, 2.45) is 0 Å². The second-order valence-electron chi connectivity index (χ2n) is 17.2. The first-order chi connectivity index (χ1) is 27.3. The molecule has 0 saturated carbocycles. The van der Waals surface area contributed by atoms with E-state index >= 15 is 0 Å². The highest BCUT2D eigenvalue weighted by atomic mass is 15.0. The lowest BCUT2D eigenvalue weighted by atomic mass is 9.67. The zero-order chi connectivity index (χ0) is 37.6. The molecule has 0 amide bonds. The van der Waals surface area contributed by atoms with Gasteiger partial charge < -0.3 is 4.57 Å². The number of rotatable bonds is 3. The lowest BCUT2D eigenvalue weighted by molar-refractivity contribution is 0.651. The van der Waals surface area contributed by atoms with Gasteiger partial charge in [-0.1, -0.05) is 185 Å². The highest BCUT2D eigenvalue weighted by molar-refractivity contribution is 6.21. The van der Waals surface area contributed by atoms with E-state index in [0.29, 0.717) is 0 Å². The first-order valence-electron chi connectivity index (χ1n) is 20.0. The molecular weight excluding hydrogens is 675 g/mol. The smallest absolute Gasteiger partial charge is 0.0714 e. The Morgan fingerprint density at radius 1 is 0.393 bits per heavy atom. The van der Waals surface area contributed by atoms with Gasteiger partial charge in [-0.2, -0.15) is 0 Å². The summed E-state index contributed by atoms with van der Waals surface area (Å²) in [6.07, 6.45) is 0. The van der Waals surface area contributed by atoms with Crippen molar-refractivity contribution in [2.75, 3.05) is 0 Å². The Hall–Kier alpha value is -6.44. The quantitative estimate of drug-likeness (QED) is 0.172. The third kappa shape index (κ3) is 3.72. The van der Waals surface area contributed by atoms with Crippen molar-refractivity contribution in [1.82, 2.24) is 4.57 Å². The van der Waals surface area contributed by atoms with Crippen LogP contribution in [-0.4, -0.2) is 4.57 Å². The highest BCUT2D eigenvalue weighted by Gasteiger charge is 2.49. The van der Waals surface area contributed by atoms with Crippen molar-refractivity contribution in [2.45, 2.75) is 43.9 Å². The Labute approximate surface area is 328 Å². The summed E-state index contributed by atoms with van der Waals surface area (Å²) >= 11 is 0. The van der Waals surface area contributed by atoms with Gasteiger partial charge in [0, 0.05) is 32.9 Å². The fourth-order valence-corrected chi connectivity index (χ4v) is 11.6. The third-order valence-electron chi connectivity index (χ3n) is 13.8. The van der Waals surface area contributed by atoms with E-state index in [9.17, 15) is 0 Å². The summed E-state index contributed by atoms with van der Waals surface area (Å²) < 4.78 is 2.63. The fraction of sp³-hybridized carbons (Fsp3) is 0.127. The van der Waals surface area contributed by atoms with Crippen molar-refractivity contribution in [3.8, 4) is 39.1 Å². The first kappa shape index (κ1) is 31.9. The minimum atomic E-state index is -0.482. The molecular formula is C55H41N. The number of benzene rings is 8. The molecule has 56 heavy (non-hydrogen) atoms. The number of fused-ring (bicyclic) bond motifs is 15. The first-order valence-corrected chi connectivity index (χ1v) is 20.0. The summed E-state index contributed by atoms with van der Waals surface area (Å²) in [7, 11) is 0. The maximum Gasteiger partial charge on any atom is 0.0714 e. The molecule has 1 heteroatoms. The number of nitrogens with zero attached hydrogens (tertiary/aromatic N) is 1. The van der Waals surface area contributed by atoms with Gasteiger partial charge in [0.2, 0.25) is 0 Å². The second kappa shape index (κ2) is 10.9. The average Bonchev–Trinajstić information content (AvgIpc) is 3.89. The Balaban J connectivity index is 1.27. The maximum atomic E-state index is 2.63. The van der Waals surface area contributed by atoms with Crippen LogP contribution in [0.4, 0.5) is 0 Å². The van der Waals surface area contributed by atoms with E-state index in [1.165, 1.54) is 105 Å². The van der Waals surface area contributed by atoms with Gasteiger partial charge in [0.05, 0.1) is 16.4 Å². The van der Waals surface area contributed by atoms with E-state index < -0.39 is 5.41 Å². The Kier molecular flexibility index (Phi) is 6.18. The summed E-state index contributed by atoms with van der Waals surface area (Å²) in [5.41, 5.74) is 22.0. The second-order valence-corrected chi connectivity index (χ2v) is 17.2. The lowest BCUT2D eigenvalue weighted by Gasteiger charge is -2.34. The molecule has 1 aromatic heterocycles. The van der Waals surface area contributed by atoms with Gasteiger partial charge in [0.15, 0.2) is 0 Å². The molecule has 0 fully saturated rings. The minimum Gasteiger partial charge on any atom is -0.309 e. The van der Waals surface area contributed by atoms with Crippen molar-refractivity contribution < 1.29 is 0 Å². The van der Waals surface area contributed by atoms with Crippen LogP contribution in [0.15, 0.2) is 176 Å². The van der Waals surface area contributed by atoms with Crippen LogP contribution in [0.1, 0.15) is 72.2 Å². The molecule has 0 bridgehead atoms. The Morgan fingerprint density at radius 3 is 1.55 bits per heavy atom. The highest BCUT2D eigenvalue weighted by Crippen LogP contribution is 2.64. The van der Waals surface area contributed by atoms with Crippen LogP contribution in [-0.2, 0) is 16.2 Å². The summed E-state index contributed by atoms with van der Waals surface area (Å²) in [6, 6.07) is 66.3. The summed E-state index contributed by atoms with van der Waals surface area (Å²) in [6.45, 7) is 9.80. The zero-order valence-electron chi connectivity index (χ0n) is 32.2. The number of para-hydroxylation sites is 1. The van der Waals surface area contributed by atoms with Crippen LogP contribution in [0.2, 0.25) is 0 Å². The Morgan fingerprint density at radius 2 is 0.893 bits per heavy atom. The molecule has 8 aromatic carbocycles. The van der Waals surface area contributed by atoms with Gasteiger partial charge in [-0.15, -0.1) is 0 Å². The fourth-order valence-electron chi connectivity index (χ4n) is 11.6. The average molecular weight is 716 g/mol. The molecule has 0 unspecified atom stereocenters. The molecule has 9 aromatic rings. The molecule has 1 heterocycles. The van der Waals surface area contributed by atoms with Gasteiger partial charge in [-0.25, -0.2) is 0 Å². The molecule has 0 spiro atoms. The summed E-state index contributed by atoms with van der Waals surface area (Å²) in [5, 5.41) is 2.69. The van der Waals surface area contributed by atoms with Crippen LogP contribution in [0.3, 0.4) is 0 Å². The van der Waals surface area contributed by atoms with Gasteiger partial charge in [0.25, 0.3) is 0 Å². The minimum absolute atomic E-state index is 0.186. The monoisotopic (exact) mass is 715 g/mol. The molecule has 0 aliphatic heterocycles. The topological polar surface area (TPSA) is 4.93 Å². The van der Waals surface area contributed by atoms with E-state index in [1.807, 2.05) is 0 Å². The molecule has 0 radical (unpaired) electrons. The third-order valence-corrected chi connectivity index (χ3v) is 13.8. The van der Waals surface area contributed by atoms with E-state index in [4.69, 9.17) is 0 Å². The molecule has 0 saturated heterocycles. The lowest BCUT2D eigenvalue weighted by Crippen LogP contribution is -2.28. The van der Waals surface area contributed by atoms with E-state index in [0.717, 1.165) is 0 Å². The Bertz CT molecular complexity index is 3080.